The van der Waals surface area contributed by atoms with E-state index >= 15 is 0 Å². The number of ether oxygens (including phenoxy) is 2. The van der Waals surface area contributed by atoms with Crippen molar-refractivity contribution in [2.45, 2.75) is 19.8 Å². The molecule has 1 aliphatic heterocycles. The monoisotopic (exact) mass is 300 g/mol. The standard InChI is InChI=1S/C12H13BrO4/c1-7-11(13)8(2-3-10(14)15)6-9-12(7)17-5-4-16-9/h6H,2-5H2,1H3,(H,14,15). The van der Waals surface area contributed by atoms with Gasteiger partial charge in [0.25, 0.3) is 0 Å². The van der Waals surface area contributed by atoms with E-state index in [1.54, 1.807) is 0 Å². The van der Waals surface area contributed by atoms with E-state index in [1.165, 1.54) is 0 Å². The molecule has 0 aromatic heterocycles. The number of rotatable bonds is 3. The van der Waals surface area contributed by atoms with E-state index in [0.29, 0.717) is 25.4 Å². The molecule has 0 atom stereocenters. The van der Waals surface area contributed by atoms with E-state index in [4.69, 9.17) is 14.6 Å². The lowest BCUT2D eigenvalue weighted by atomic mass is 10.0. The molecule has 0 amide bonds. The molecule has 17 heavy (non-hydrogen) atoms. The van der Waals surface area contributed by atoms with E-state index in [1.807, 2.05) is 13.0 Å². The van der Waals surface area contributed by atoms with Gasteiger partial charge in [-0.15, -0.1) is 0 Å². The van der Waals surface area contributed by atoms with Crippen LogP contribution in [0.4, 0.5) is 0 Å². The first-order valence-electron chi connectivity index (χ1n) is 5.39. The number of carbonyl (C=O) groups is 1. The Labute approximate surface area is 108 Å². The maximum Gasteiger partial charge on any atom is 0.303 e. The zero-order chi connectivity index (χ0) is 12.4. The summed E-state index contributed by atoms with van der Waals surface area (Å²) in [7, 11) is 0. The van der Waals surface area contributed by atoms with Gasteiger partial charge in [0.1, 0.15) is 13.2 Å². The van der Waals surface area contributed by atoms with Crippen LogP contribution in [-0.2, 0) is 11.2 Å². The summed E-state index contributed by atoms with van der Waals surface area (Å²) in [5.41, 5.74) is 1.90. The van der Waals surface area contributed by atoms with Gasteiger partial charge in [-0.05, 0) is 25.0 Å². The van der Waals surface area contributed by atoms with Crippen LogP contribution in [0, 0.1) is 6.92 Å². The summed E-state index contributed by atoms with van der Waals surface area (Å²) in [6.45, 7) is 3.02. The molecule has 0 fully saturated rings. The zero-order valence-corrected chi connectivity index (χ0v) is 11.0. The van der Waals surface area contributed by atoms with Crippen molar-refractivity contribution in [1.29, 1.82) is 0 Å². The van der Waals surface area contributed by atoms with E-state index in [9.17, 15) is 4.79 Å². The third-order valence-electron chi connectivity index (χ3n) is 2.68. The molecule has 0 spiro atoms. The van der Waals surface area contributed by atoms with Crippen LogP contribution in [0.1, 0.15) is 17.5 Å². The highest BCUT2D eigenvalue weighted by molar-refractivity contribution is 9.10. The van der Waals surface area contributed by atoms with Crippen molar-refractivity contribution >= 4 is 21.9 Å². The normalized spacial score (nSPS) is 13.5. The molecule has 0 saturated heterocycles. The average molecular weight is 301 g/mol. The molecule has 0 unspecified atom stereocenters. The van der Waals surface area contributed by atoms with Crippen LogP contribution in [0.25, 0.3) is 0 Å². The van der Waals surface area contributed by atoms with Crippen molar-refractivity contribution in [3.8, 4) is 11.5 Å². The second-order valence-electron chi connectivity index (χ2n) is 3.89. The van der Waals surface area contributed by atoms with Crippen molar-refractivity contribution in [3.05, 3.63) is 21.7 Å². The topological polar surface area (TPSA) is 55.8 Å². The number of hydrogen-bond donors (Lipinski definition) is 1. The minimum Gasteiger partial charge on any atom is -0.486 e. The number of carboxylic acid groups (broad SMARTS) is 1. The molecule has 0 aliphatic carbocycles. The SMILES string of the molecule is Cc1c(Br)c(CCC(=O)O)cc2c1OCCO2. The van der Waals surface area contributed by atoms with Crippen LogP contribution in [0.3, 0.4) is 0 Å². The van der Waals surface area contributed by atoms with Crippen molar-refractivity contribution in [3.63, 3.8) is 0 Å². The Morgan fingerprint density at radius 3 is 2.88 bits per heavy atom. The van der Waals surface area contributed by atoms with Crippen molar-refractivity contribution in [2.24, 2.45) is 0 Å². The van der Waals surface area contributed by atoms with Crippen LogP contribution in [0.15, 0.2) is 10.5 Å². The third-order valence-corrected chi connectivity index (χ3v) is 3.78. The summed E-state index contributed by atoms with van der Waals surface area (Å²) in [5.74, 6) is 0.656. The van der Waals surface area contributed by atoms with Gasteiger partial charge in [-0.25, -0.2) is 0 Å². The largest absolute Gasteiger partial charge is 0.486 e. The molecule has 1 aromatic rings. The van der Waals surface area contributed by atoms with Gasteiger partial charge < -0.3 is 14.6 Å². The smallest absolute Gasteiger partial charge is 0.303 e. The summed E-state index contributed by atoms with van der Waals surface area (Å²) < 4.78 is 12.0. The summed E-state index contributed by atoms with van der Waals surface area (Å²) >= 11 is 3.48. The highest BCUT2D eigenvalue weighted by Crippen LogP contribution is 2.40. The molecule has 92 valence electrons. The van der Waals surface area contributed by atoms with Crippen molar-refractivity contribution in [1.82, 2.24) is 0 Å². The van der Waals surface area contributed by atoms with Gasteiger partial charge in [0.2, 0.25) is 0 Å². The minimum absolute atomic E-state index is 0.109. The zero-order valence-electron chi connectivity index (χ0n) is 9.46. The van der Waals surface area contributed by atoms with Crippen LogP contribution >= 0.6 is 15.9 Å². The maximum absolute atomic E-state index is 10.6. The number of carboxylic acids is 1. The molecule has 0 bridgehead atoms. The number of aliphatic carboxylic acids is 1. The molecule has 0 radical (unpaired) electrons. The van der Waals surface area contributed by atoms with E-state index < -0.39 is 5.97 Å². The van der Waals surface area contributed by atoms with Gasteiger partial charge in [0.05, 0.1) is 0 Å². The first-order valence-corrected chi connectivity index (χ1v) is 6.18. The first-order chi connectivity index (χ1) is 8.09. The summed E-state index contributed by atoms with van der Waals surface area (Å²) in [6, 6.07) is 1.86. The molecule has 1 N–H and O–H groups in total. The molecule has 5 heteroatoms. The molecule has 2 rings (SSSR count). The minimum atomic E-state index is -0.801. The number of hydrogen-bond acceptors (Lipinski definition) is 3. The number of aryl methyl sites for hydroxylation is 1. The Morgan fingerprint density at radius 1 is 1.47 bits per heavy atom. The fourth-order valence-electron chi connectivity index (χ4n) is 1.82. The Bertz CT molecular complexity index is 456. The summed E-state index contributed by atoms with van der Waals surface area (Å²) in [6.07, 6.45) is 0.588. The van der Waals surface area contributed by atoms with Gasteiger partial charge >= 0.3 is 5.97 Å². The number of fused-ring (bicyclic) bond motifs is 1. The van der Waals surface area contributed by atoms with Crippen LogP contribution in [-0.4, -0.2) is 24.3 Å². The van der Waals surface area contributed by atoms with Gasteiger partial charge in [0.15, 0.2) is 11.5 Å². The quantitative estimate of drug-likeness (QED) is 0.932. The van der Waals surface area contributed by atoms with E-state index in [-0.39, 0.29) is 6.42 Å². The second kappa shape index (κ2) is 4.96. The lowest BCUT2D eigenvalue weighted by Gasteiger charge is -2.22. The molecule has 1 aliphatic rings. The second-order valence-corrected chi connectivity index (χ2v) is 4.69. The molecule has 1 heterocycles. The third kappa shape index (κ3) is 2.54. The first kappa shape index (κ1) is 12.2. The van der Waals surface area contributed by atoms with Gasteiger partial charge in [0, 0.05) is 16.5 Å². The molecule has 4 nitrogen and oxygen atoms in total. The Morgan fingerprint density at radius 2 is 2.18 bits per heavy atom. The van der Waals surface area contributed by atoms with Crippen molar-refractivity contribution in [2.75, 3.05) is 13.2 Å². The molecule has 1 aromatic carbocycles. The lowest BCUT2D eigenvalue weighted by molar-refractivity contribution is -0.136. The predicted octanol–water partition coefficient (Wildman–Crippen LogP) is 2.55. The highest BCUT2D eigenvalue weighted by Gasteiger charge is 2.19. The Balaban J connectivity index is 2.33. The van der Waals surface area contributed by atoms with Crippen LogP contribution in [0.2, 0.25) is 0 Å². The van der Waals surface area contributed by atoms with Gasteiger partial charge in [-0.3, -0.25) is 4.79 Å². The fourth-order valence-corrected chi connectivity index (χ4v) is 2.31. The molecule has 0 saturated carbocycles. The predicted molar refractivity (Wildman–Crippen MR) is 65.8 cm³/mol. The van der Waals surface area contributed by atoms with Gasteiger partial charge in [-0.1, -0.05) is 15.9 Å². The Hall–Kier alpha value is -1.23. The number of benzene rings is 1. The highest BCUT2D eigenvalue weighted by atomic mass is 79.9. The van der Waals surface area contributed by atoms with Crippen molar-refractivity contribution < 1.29 is 19.4 Å². The van der Waals surface area contributed by atoms with Crippen LogP contribution in [0.5, 0.6) is 11.5 Å². The summed E-state index contributed by atoms with van der Waals surface area (Å²) in [4.78, 5) is 10.6. The Kier molecular flexibility index (Phi) is 3.57. The van der Waals surface area contributed by atoms with Gasteiger partial charge in [-0.2, -0.15) is 0 Å². The summed E-state index contributed by atoms with van der Waals surface area (Å²) in [5, 5.41) is 8.70. The number of halogens is 1. The average Bonchev–Trinajstić information content (AvgIpc) is 2.32. The fraction of sp³-hybridized carbons (Fsp3) is 0.417. The molecular formula is C12H13BrO4. The molecular weight excluding hydrogens is 288 g/mol. The van der Waals surface area contributed by atoms with E-state index in [2.05, 4.69) is 15.9 Å². The van der Waals surface area contributed by atoms with E-state index in [0.717, 1.165) is 21.3 Å². The maximum atomic E-state index is 10.6. The lowest BCUT2D eigenvalue weighted by Crippen LogP contribution is -2.16. The van der Waals surface area contributed by atoms with Crippen LogP contribution < -0.4 is 9.47 Å².